The maximum absolute atomic E-state index is 13.0. The molecular weight excluding hydrogens is 561 g/mol. The summed E-state index contributed by atoms with van der Waals surface area (Å²) in [6.07, 6.45) is 1.74. The van der Waals surface area contributed by atoms with Crippen LogP contribution in [0.25, 0.3) is 6.08 Å². The number of ether oxygens (including phenoxy) is 2. The molecule has 0 unspecified atom stereocenters. The summed E-state index contributed by atoms with van der Waals surface area (Å²) in [5.74, 6) is 0.987. The molecule has 34 heavy (non-hydrogen) atoms. The maximum atomic E-state index is 13.0. The highest BCUT2D eigenvalue weighted by atomic mass is 127. The van der Waals surface area contributed by atoms with Crippen LogP contribution in [0.2, 0.25) is 0 Å². The van der Waals surface area contributed by atoms with Crippen LogP contribution in [-0.4, -0.2) is 22.7 Å². The Morgan fingerprint density at radius 1 is 0.971 bits per heavy atom. The normalized spacial score (nSPS) is 14.7. The van der Waals surface area contributed by atoms with Crippen molar-refractivity contribution in [1.29, 1.82) is 0 Å². The van der Waals surface area contributed by atoms with Crippen molar-refractivity contribution in [3.8, 4) is 11.5 Å². The van der Waals surface area contributed by atoms with Crippen LogP contribution in [-0.2, 0) is 17.9 Å². The molecule has 4 rings (SSSR count). The predicted octanol–water partition coefficient (Wildman–Crippen LogP) is 6.81. The molecule has 3 aromatic rings. The van der Waals surface area contributed by atoms with Crippen molar-refractivity contribution in [2.45, 2.75) is 27.0 Å². The first kappa shape index (κ1) is 24.3. The van der Waals surface area contributed by atoms with E-state index in [1.165, 1.54) is 4.90 Å². The summed E-state index contributed by atoms with van der Waals surface area (Å²) in [6, 6.07) is 21.5. The molecule has 2 amide bonds. The van der Waals surface area contributed by atoms with Gasteiger partial charge in [0.05, 0.1) is 21.6 Å². The minimum absolute atomic E-state index is 0.262. The van der Waals surface area contributed by atoms with Crippen molar-refractivity contribution < 1.29 is 19.1 Å². The quantitative estimate of drug-likeness (QED) is 0.215. The van der Waals surface area contributed by atoms with Crippen LogP contribution >= 0.6 is 34.4 Å². The summed E-state index contributed by atoms with van der Waals surface area (Å²) in [4.78, 5) is 27.2. The number of halogens is 1. The summed E-state index contributed by atoms with van der Waals surface area (Å²) in [7, 11) is 0. The number of thioether (sulfide) groups is 1. The molecule has 0 spiro atoms. The minimum Gasteiger partial charge on any atom is -0.490 e. The molecule has 0 atom stereocenters. The van der Waals surface area contributed by atoms with E-state index in [1.807, 2.05) is 80.6 Å². The Morgan fingerprint density at radius 3 is 2.47 bits per heavy atom. The molecule has 0 aromatic heterocycles. The van der Waals surface area contributed by atoms with E-state index in [-0.39, 0.29) is 17.7 Å². The van der Waals surface area contributed by atoms with Crippen molar-refractivity contribution in [2.75, 3.05) is 6.61 Å². The molecule has 1 aliphatic rings. The monoisotopic (exact) mass is 585 g/mol. The molecule has 174 valence electrons. The van der Waals surface area contributed by atoms with E-state index in [1.54, 1.807) is 6.08 Å². The topological polar surface area (TPSA) is 55.8 Å². The Kier molecular flexibility index (Phi) is 7.95. The van der Waals surface area contributed by atoms with E-state index in [0.717, 1.165) is 37.6 Å². The Bertz CT molecular complexity index is 1240. The lowest BCUT2D eigenvalue weighted by Crippen LogP contribution is -2.27. The molecule has 0 aliphatic carbocycles. The van der Waals surface area contributed by atoms with Crippen molar-refractivity contribution in [3.05, 3.63) is 97.5 Å². The molecule has 1 saturated heterocycles. The van der Waals surface area contributed by atoms with E-state index >= 15 is 0 Å². The molecule has 0 radical (unpaired) electrons. The van der Waals surface area contributed by atoms with Gasteiger partial charge in [-0.2, -0.15) is 0 Å². The zero-order valence-electron chi connectivity index (χ0n) is 18.9. The Labute approximate surface area is 217 Å². The van der Waals surface area contributed by atoms with E-state index in [4.69, 9.17) is 9.47 Å². The summed E-state index contributed by atoms with van der Waals surface area (Å²) in [5, 5.41) is -0.264. The van der Waals surface area contributed by atoms with Crippen LogP contribution in [0.1, 0.15) is 29.2 Å². The van der Waals surface area contributed by atoms with Gasteiger partial charge in [0.1, 0.15) is 6.61 Å². The molecular formula is C27H24INO4S. The fourth-order valence-electron chi connectivity index (χ4n) is 3.58. The second-order valence-corrected chi connectivity index (χ2v) is 9.95. The standard InChI is InChI=1S/C27H24INO4S/c1-3-32-23-14-21(13-22(28)25(23)33-17-19-9-5-4-6-10-19)15-24-26(30)29(27(31)34-24)16-20-11-7-8-18(2)12-20/h4-15H,3,16-17H2,1-2H3/b24-15+. The van der Waals surface area contributed by atoms with Gasteiger partial charge in [-0.25, -0.2) is 0 Å². The molecule has 3 aromatic carbocycles. The maximum Gasteiger partial charge on any atom is 0.293 e. The summed E-state index contributed by atoms with van der Waals surface area (Å²) in [6.45, 7) is 5.07. The van der Waals surface area contributed by atoms with Gasteiger partial charge in [0.25, 0.3) is 11.1 Å². The van der Waals surface area contributed by atoms with E-state index in [0.29, 0.717) is 29.6 Å². The first-order valence-electron chi connectivity index (χ1n) is 10.9. The number of amides is 2. The van der Waals surface area contributed by atoms with E-state index in [9.17, 15) is 9.59 Å². The van der Waals surface area contributed by atoms with Gasteiger partial charge in [0, 0.05) is 0 Å². The number of benzene rings is 3. The summed E-state index contributed by atoms with van der Waals surface area (Å²) < 4.78 is 12.8. The first-order valence-corrected chi connectivity index (χ1v) is 12.8. The lowest BCUT2D eigenvalue weighted by molar-refractivity contribution is -0.123. The fourth-order valence-corrected chi connectivity index (χ4v) is 5.20. The highest BCUT2D eigenvalue weighted by Gasteiger charge is 2.35. The van der Waals surface area contributed by atoms with Gasteiger partial charge in [0.2, 0.25) is 0 Å². The molecule has 7 heteroatoms. The van der Waals surface area contributed by atoms with Crippen molar-refractivity contribution >= 4 is 51.6 Å². The number of aryl methyl sites for hydroxylation is 1. The van der Waals surface area contributed by atoms with E-state index in [2.05, 4.69) is 22.6 Å². The highest BCUT2D eigenvalue weighted by Crippen LogP contribution is 2.38. The summed E-state index contributed by atoms with van der Waals surface area (Å²) in [5.41, 5.74) is 3.86. The largest absolute Gasteiger partial charge is 0.490 e. The molecule has 5 nitrogen and oxygen atoms in total. The SMILES string of the molecule is CCOc1cc(/C=C2/SC(=O)N(Cc3cccc(C)c3)C2=O)cc(I)c1OCc1ccccc1. The average molecular weight is 585 g/mol. The Hall–Kier alpha value is -2.78. The number of hydrogen-bond donors (Lipinski definition) is 0. The van der Waals surface area contributed by atoms with Gasteiger partial charge < -0.3 is 9.47 Å². The van der Waals surface area contributed by atoms with Crippen LogP contribution in [0.3, 0.4) is 0 Å². The molecule has 0 saturated carbocycles. The van der Waals surface area contributed by atoms with Gasteiger partial charge in [-0.1, -0.05) is 60.2 Å². The zero-order valence-corrected chi connectivity index (χ0v) is 21.9. The third-order valence-electron chi connectivity index (χ3n) is 5.15. The Balaban J connectivity index is 1.55. The number of nitrogens with zero attached hydrogens (tertiary/aromatic N) is 1. The van der Waals surface area contributed by atoms with Crippen LogP contribution in [0.15, 0.2) is 71.6 Å². The van der Waals surface area contributed by atoms with Crippen molar-refractivity contribution in [3.63, 3.8) is 0 Å². The zero-order chi connectivity index (χ0) is 24.1. The number of carbonyl (C=O) groups excluding carboxylic acids is 2. The highest BCUT2D eigenvalue weighted by molar-refractivity contribution is 14.1. The van der Waals surface area contributed by atoms with Crippen molar-refractivity contribution in [1.82, 2.24) is 4.90 Å². The van der Waals surface area contributed by atoms with Crippen molar-refractivity contribution in [2.24, 2.45) is 0 Å². The number of carbonyl (C=O) groups is 2. The minimum atomic E-state index is -0.283. The number of rotatable bonds is 8. The second kappa shape index (κ2) is 11.1. The van der Waals surface area contributed by atoms with Crippen LogP contribution in [0.4, 0.5) is 4.79 Å². The van der Waals surface area contributed by atoms with Gasteiger partial charge in [-0.05, 0) is 83.1 Å². The Morgan fingerprint density at radius 2 is 1.74 bits per heavy atom. The van der Waals surface area contributed by atoms with Crippen LogP contribution in [0.5, 0.6) is 11.5 Å². The van der Waals surface area contributed by atoms with Crippen LogP contribution in [0, 0.1) is 10.5 Å². The smallest absolute Gasteiger partial charge is 0.293 e. The molecule has 0 bridgehead atoms. The molecule has 1 fully saturated rings. The number of hydrogen-bond acceptors (Lipinski definition) is 5. The molecule has 1 heterocycles. The van der Waals surface area contributed by atoms with Gasteiger partial charge in [0.15, 0.2) is 11.5 Å². The first-order chi connectivity index (χ1) is 16.4. The lowest BCUT2D eigenvalue weighted by Gasteiger charge is -2.15. The van der Waals surface area contributed by atoms with Gasteiger partial charge >= 0.3 is 0 Å². The fraction of sp³-hybridized carbons (Fsp3) is 0.185. The van der Waals surface area contributed by atoms with Crippen LogP contribution < -0.4 is 9.47 Å². The second-order valence-electron chi connectivity index (χ2n) is 7.79. The van der Waals surface area contributed by atoms with E-state index < -0.39 is 0 Å². The van der Waals surface area contributed by atoms with Gasteiger partial charge in [-0.3, -0.25) is 14.5 Å². The van der Waals surface area contributed by atoms with Gasteiger partial charge in [-0.15, -0.1) is 0 Å². The average Bonchev–Trinajstić information content (AvgIpc) is 3.07. The lowest BCUT2D eigenvalue weighted by atomic mass is 10.1. The summed E-state index contributed by atoms with van der Waals surface area (Å²) >= 11 is 3.17. The molecule has 0 N–H and O–H groups in total. The number of imide groups is 1. The third-order valence-corrected chi connectivity index (χ3v) is 6.86. The molecule has 1 aliphatic heterocycles. The third kappa shape index (κ3) is 5.82. The predicted molar refractivity (Wildman–Crippen MR) is 144 cm³/mol.